The molecule has 0 saturated heterocycles. The van der Waals surface area contributed by atoms with Crippen LogP contribution in [0.3, 0.4) is 0 Å². The van der Waals surface area contributed by atoms with Crippen LogP contribution in [0.2, 0.25) is 0 Å². The second kappa shape index (κ2) is 7.06. The van der Waals surface area contributed by atoms with Gasteiger partial charge in [0.15, 0.2) is 5.82 Å². The zero-order chi connectivity index (χ0) is 14.3. The highest BCUT2D eigenvalue weighted by molar-refractivity contribution is 5.94. The van der Waals surface area contributed by atoms with Gasteiger partial charge in [-0.2, -0.15) is 0 Å². The molecule has 0 bridgehead atoms. The van der Waals surface area contributed by atoms with E-state index in [9.17, 15) is 14.4 Å². The summed E-state index contributed by atoms with van der Waals surface area (Å²) in [6.45, 7) is -1.01. The molecule has 3 amide bonds. The van der Waals surface area contributed by atoms with Crippen molar-refractivity contribution in [1.82, 2.24) is 25.4 Å². The number of aryl methyl sites for hydroxylation is 1. The molecular weight excluding hydrogens is 258 g/mol. The number of carbonyl (C=O) groups is 3. The zero-order valence-electron chi connectivity index (χ0n) is 10.1. The molecule has 1 heterocycles. The van der Waals surface area contributed by atoms with Crippen LogP contribution in [-0.4, -0.2) is 51.0 Å². The first-order valence-corrected chi connectivity index (χ1v) is 5.19. The van der Waals surface area contributed by atoms with Crippen molar-refractivity contribution in [3.8, 4) is 0 Å². The number of carboxylic acids is 1. The Morgan fingerprint density at radius 1 is 1.42 bits per heavy atom. The molecule has 0 radical (unpaired) electrons. The molecule has 0 saturated carbocycles. The van der Waals surface area contributed by atoms with Gasteiger partial charge in [0, 0.05) is 7.05 Å². The van der Waals surface area contributed by atoms with E-state index < -0.39 is 31.1 Å². The molecule has 3 N–H and O–H groups in total. The van der Waals surface area contributed by atoms with E-state index in [0.717, 1.165) is 0 Å². The number of imide groups is 1. The van der Waals surface area contributed by atoms with Crippen molar-refractivity contribution in [3.63, 3.8) is 0 Å². The lowest BCUT2D eigenvalue weighted by Gasteiger charge is -2.06. The van der Waals surface area contributed by atoms with Gasteiger partial charge in [0.2, 0.25) is 0 Å². The summed E-state index contributed by atoms with van der Waals surface area (Å²) >= 11 is 0. The Balaban J connectivity index is 2.22. The van der Waals surface area contributed by atoms with Crippen LogP contribution in [0.15, 0.2) is 6.33 Å². The number of carbonyl (C=O) groups excluding carboxylic acids is 2. The zero-order valence-corrected chi connectivity index (χ0v) is 10.1. The Kier molecular flexibility index (Phi) is 5.41. The number of hydrogen-bond acceptors (Lipinski definition) is 6. The van der Waals surface area contributed by atoms with Gasteiger partial charge < -0.3 is 19.7 Å². The topological polar surface area (TPSA) is 135 Å². The first kappa shape index (κ1) is 14.6. The van der Waals surface area contributed by atoms with E-state index in [1.54, 1.807) is 11.6 Å². The molecule has 0 fully saturated rings. The van der Waals surface area contributed by atoms with Crippen LogP contribution in [0.25, 0.3) is 0 Å². The van der Waals surface area contributed by atoms with Gasteiger partial charge in [0.25, 0.3) is 5.91 Å². The lowest BCUT2D eigenvalue weighted by atomic mass is 10.5. The Bertz CT molecular complexity index is 471. The largest absolute Gasteiger partial charge is 0.480 e. The number of nitrogens with one attached hydrogen (secondary N) is 2. The molecule has 1 rings (SSSR count). The molecule has 104 valence electrons. The van der Waals surface area contributed by atoms with Crippen molar-refractivity contribution in [1.29, 1.82) is 0 Å². The molecule has 0 aliphatic rings. The second-order valence-electron chi connectivity index (χ2n) is 3.48. The van der Waals surface area contributed by atoms with Crippen LogP contribution in [0, 0.1) is 0 Å². The number of rotatable bonds is 6. The SMILES string of the molecule is Cn1cnnc1CNC(=O)NC(=O)COCC(=O)O. The van der Waals surface area contributed by atoms with Gasteiger partial charge in [-0.1, -0.05) is 0 Å². The van der Waals surface area contributed by atoms with Gasteiger partial charge in [-0.05, 0) is 0 Å². The number of carboxylic acid groups (broad SMARTS) is 1. The van der Waals surface area contributed by atoms with E-state index in [0.29, 0.717) is 5.82 Å². The monoisotopic (exact) mass is 271 g/mol. The second-order valence-corrected chi connectivity index (χ2v) is 3.48. The molecule has 0 unspecified atom stereocenters. The van der Waals surface area contributed by atoms with E-state index >= 15 is 0 Å². The predicted octanol–water partition coefficient (Wildman–Crippen LogP) is -1.76. The van der Waals surface area contributed by atoms with Crippen molar-refractivity contribution in [2.45, 2.75) is 6.54 Å². The van der Waals surface area contributed by atoms with Crippen LogP contribution in [0.1, 0.15) is 5.82 Å². The maximum absolute atomic E-state index is 11.3. The third-order valence-electron chi connectivity index (χ3n) is 1.92. The standard InChI is InChI=1S/C9H13N5O5/c1-14-5-11-13-6(14)2-10-9(18)12-7(15)3-19-4-8(16)17/h5H,2-4H2,1H3,(H,16,17)(H2,10,12,15,18). The molecule has 10 nitrogen and oxygen atoms in total. The lowest BCUT2D eigenvalue weighted by Crippen LogP contribution is -2.41. The molecule has 0 spiro atoms. The maximum Gasteiger partial charge on any atom is 0.329 e. The molecule has 10 heteroatoms. The van der Waals surface area contributed by atoms with Gasteiger partial charge in [-0.25, -0.2) is 9.59 Å². The smallest absolute Gasteiger partial charge is 0.329 e. The van der Waals surface area contributed by atoms with E-state index in [-0.39, 0.29) is 6.54 Å². The fraction of sp³-hybridized carbons (Fsp3) is 0.444. The first-order valence-electron chi connectivity index (χ1n) is 5.19. The molecule has 0 aliphatic carbocycles. The number of aliphatic carboxylic acids is 1. The minimum Gasteiger partial charge on any atom is -0.480 e. The summed E-state index contributed by atoms with van der Waals surface area (Å²) < 4.78 is 6.12. The maximum atomic E-state index is 11.3. The van der Waals surface area contributed by atoms with Gasteiger partial charge >= 0.3 is 12.0 Å². The van der Waals surface area contributed by atoms with Crippen molar-refractivity contribution in [3.05, 3.63) is 12.2 Å². The van der Waals surface area contributed by atoms with Crippen LogP contribution in [0.4, 0.5) is 4.79 Å². The van der Waals surface area contributed by atoms with Gasteiger partial charge in [0.1, 0.15) is 19.5 Å². The molecular formula is C9H13N5O5. The summed E-state index contributed by atoms with van der Waals surface area (Å²) in [6.07, 6.45) is 1.47. The predicted molar refractivity (Wildman–Crippen MR) is 59.8 cm³/mol. The molecule has 1 aromatic rings. The van der Waals surface area contributed by atoms with Crippen molar-refractivity contribution < 1.29 is 24.2 Å². The average molecular weight is 271 g/mol. The molecule has 1 aromatic heterocycles. The summed E-state index contributed by atoms with van der Waals surface area (Å²) in [4.78, 5) is 32.5. The molecule has 19 heavy (non-hydrogen) atoms. The highest BCUT2D eigenvalue weighted by atomic mass is 16.5. The summed E-state index contributed by atoms with van der Waals surface area (Å²) in [5.74, 6) is -1.42. The van der Waals surface area contributed by atoms with E-state index in [2.05, 4.69) is 20.3 Å². The Morgan fingerprint density at radius 3 is 2.74 bits per heavy atom. The highest BCUT2D eigenvalue weighted by Crippen LogP contribution is 1.89. The van der Waals surface area contributed by atoms with Gasteiger partial charge in [0.05, 0.1) is 6.54 Å². The quantitative estimate of drug-likeness (QED) is 0.557. The molecule has 0 aliphatic heterocycles. The molecule has 0 aromatic carbocycles. The van der Waals surface area contributed by atoms with Crippen LogP contribution >= 0.6 is 0 Å². The van der Waals surface area contributed by atoms with Crippen molar-refractivity contribution in [2.24, 2.45) is 7.05 Å². The number of nitrogens with zero attached hydrogens (tertiary/aromatic N) is 3. The molecule has 0 atom stereocenters. The van der Waals surface area contributed by atoms with Gasteiger partial charge in [-0.15, -0.1) is 10.2 Å². The number of ether oxygens (including phenoxy) is 1. The highest BCUT2D eigenvalue weighted by Gasteiger charge is 2.09. The summed E-state index contributed by atoms with van der Waals surface area (Å²) in [5.41, 5.74) is 0. The summed E-state index contributed by atoms with van der Waals surface area (Å²) in [6, 6.07) is -0.730. The van der Waals surface area contributed by atoms with Crippen LogP contribution < -0.4 is 10.6 Å². The number of urea groups is 1. The Hall–Kier alpha value is -2.49. The first-order chi connectivity index (χ1) is 8.99. The Labute approximate surface area is 107 Å². The third-order valence-corrected chi connectivity index (χ3v) is 1.92. The lowest BCUT2D eigenvalue weighted by molar-refractivity contribution is -0.143. The fourth-order valence-electron chi connectivity index (χ4n) is 1.06. The minimum atomic E-state index is -1.19. The van der Waals surface area contributed by atoms with Crippen molar-refractivity contribution in [2.75, 3.05) is 13.2 Å². The third kappa shape index (κ3) is 5.59. The fourth-order valence-corrected chi connectivity index (χ4v) is 1.06. The van der Waals surface area contributed by atoms with E-state index in [4.69, 9.17) is 5.11 Å². The number of aromatic nitrogens is 3. The average Bonchev–Trinajstić information content (AvgIpc) is 2.71. The summed E-state index contributed by atoms with van der Waals surface area (Å²) in [7, 11) is 1.71. The van der Waals surface area contributed by atoms with E-state index in [1.165, 1.54) is 6.33 Å². The van der Waals surface area contributed by atoms with Crippen LogP contribution in [-0.2, 0) is 27.9 Å². The van der Waals surface area contributed by atoms with Gasteiger partial charge in [-0.3, -0.25) is 10.1 Å². The summed E-state index contributed by atoms with van der Waals surface area (Å²) in [5, 5.41) is 20.0. The normalized spacial score (nSPS) is 9.95. The minimum absolute atomic E-state index is 0.103. The number of amides is 3. The number of hydrogen-bond donors (Lipinski definition) is 3. The van der Waals surface area contributed by atoms with Crippen LogP contribution in [0.5, 0.6) is 0 Å². The Morgan fingerprint density at radius 2 is 2.16 bits per heavy atom. The van der Waals surface area contributed by atoms with E-state index in [1.807, 2.05) is 5.32 Å². The van der Waals surface area contributed by atoms with Crippen molar-refractivity contribution >= 4 is 17.9 Å².